The van der Waals surface area contributed by atoms with Crippen molar-refractivity contribution in [2.75, 3.05) is 0 Å². The summed E-state index contributed by atoms with van der Waals surface area (Å²) in [5, 5.41) is 6.42. The van der Waals surface area contributed by atoms with Crippen LogP contribution in [0.1, 0.15) is 25.7 Å². The molecule has 0 aromatic carbocycles. The number of hydrogen-bond donors (Lipinski definition) is 2. The van der Waals surface area contributed by atoms with Gasteiger partial charge in [0.05, 0.1) is 0 Å². The van der Waals surface area contributed by atoms with Gasteiger partial charge >= 0.3 is 0 Å². The molecule has 0 aromatic heterocycles. The molecule has 2 aliphatic carbocycles. The van der Waals surface area contributed by atoms with E-state index in [9.17, 15) is 4.79 Å². The van der Waals surface area contributed by atoms with E-state index in [-0.39, 0.29) is 11.4 Å². The van der Waals surface area contributed by atoms with Gasteiger partial charge in [-0.2, -0.15) is 0 Å². The molecular weight excluding hydrogens is 184 g/mol. The molecule has 70 valence electrons. The number of fused-ring (bicyclic) bond motifs is 3. The summed E-state index contributed by atoms with van der Waals surface area (Å²) in [6.45, 7) is 0. The third-order valence-corrected chi connectivity index (χ3v) is 4.02. The molecule has 0 radical (unpaired) electrons. The lowest BCUT2D eigenvalue weighted by Crippen LogP contribution is -2.51. The monoisotopic (exact) mass is 196 g/mol. The van der Waals surface area contributed by atoms with Gasteiger partial charge in [0.1, 0.15) is 5.54 Å². The molecule has 3 rings (SSSR count). The molecule has 1 amide bonds. The van der Waals surface area contributed by atoms with Crippen molar-refractivity contribution in [1.29, 1.82) is 0 Å². The van der Waals surface area contributed by atoms with Crippen molar-refractivity contribution >= 4 is 23.2 Å². The maximum Gasteiger partial charge on any atom is 0.252 e. The van der Waals surface area contributed by atoms with Gasteiger partial charge in [-0.25, -0.2) is 0 Å². The number of amides is 1. The number of carbonyl (C=O) groups is 1. The standard InChI is InChI=1S/C9H12N2OS/c12-7-9(11-8(13)10-7)4-5-1-2-6(9)3-5/h5-6H,1-4H2,(H2,10,11,12,13). The van der Waals surface area contributed by atoms with Crippen LogP contribution in [0.25, 0.3) is 0 Å². The van der Waals surface area contributed by atoms with Gasteiger partial charge in [-0.1, -0.05) is 0 Å². The van der Waals surface area contributed by atoms with Crippen molar-refractivity contribution in [2.45, 2.75) is 31.2 Å². The molecule has 2 saturated carbocycles. The summed E-state index contributed by atoms with van der Waals surface area (Å²) in [5.74, 6) is 1.40. The number of nitrogens with one attached hydrogen (secondary N) is 2. The van der Waals surface area contributed by atoms with Gasteiger partial charge in [0.15, 0.2) is 5.11 Å². The minimum Gasteiger partial charge on any atom is -0.348 e. The van der Waals surface area contributed by atoms with Crippen LogP contribution in [0.4, 0.5) is 0 Å². The van der Waals surface area contributed by atoms with E-state index >= 15 is 0 Å². The van der Waals surface area contributed by atoms with Crippen molar-refractivity contribution in [3.05, 3.63) is 0 Å². The zero-order valence-electron chi connectivity index (χ0n) is 7.30. The summed E-state index contributed by atoms with van der Waals surface area (Å²) in [6, 6.07) is 0. The quantitative estimate of drug-likeness (QED) is 0.556. The number of rotatable bonds is 0. The summed E-state index contributed by atoms with van der Waals surface area (Å²) >= 11 is 4.98. The summed E-state index contributed by atoms with van der Waals surface area (Å²) in [6.07, 6.45) is 4.69. The molecule has 1 aliphatic heterocycles. The van der Waals surface area contributed by atoms with Crippen LogP contribution in [0, 0.1) is 11.8 Å². The Labute approximate surface area is 82.3 Å². The third-order valence-electron chi connectivity index (χ3n) is 3.82. The molecule has 3 unspecified atom stereocenters. The lowest BCUT2D eigenvalue weighted by atomic mass is 9.81. The van der Waals surface area contributed by atoms with Crippen LogP contribution in [0.3, 0.4) is 0 Å². The first kappa shape index (κ1) is 7.74. The second kappa shape index (κ2) is 2.23. The average molecular weight is 196 g/mol. The Morgan fingerprint density at radius 1 is 1.46 bits per heavy atom. The van der Waals surface area contributed by atoms with Crippen LogP contribution in [-0.2, 0) is 4.79 Å². The predicted molar refractivity (Wildman–Crippen MR) is 52.1 cm³/mol. The molecule has 13 heavy (non-hydrogen) atoms. The normalized spacial score (nSPS) is 47.1. The summed E-state index contributed by atoms with van der Waals surface area (Å²) in [4.78, 5) is 11.7. The fraction of sp³-hybridized carbons (Fsp3) is 0.778. The second-order valence-corrected chi connectivity index (χ2v) is 4.87. The summed E-state index contributed by atoms with van der Waals surface area (Å²) < 4.78 is 0. The lowest BCUT2D eigenvalue weighted by Gasteiger charge is -2.30. The fourth-order valence-corrected chi connectivity index (χ4v) is 3.54. The first-order valence-electron chi connectivity index (χ1n) is 4.84. The zero-order valence-corrected chi connectivity index (χ0v) is 8.12. The van der Waals surface area contributed by atoms with Gasteiger partial charge in [-0.15, -0.1) is 0 Å². The Bertz CT molecular complexity index is 304. The summed E-state index contributed by atoms with van der Waals surface area (Å²) in [7, 11) is 0. The average Bonchev–Trinajstić information content (AvgIpc) is 2.68. The highest BCUT2D eigenvalue weighted by molar-refractivity contribution is 7.80. The highest BCUT2D eigenvalue weighted by Crippen LogP contribution is 2.51. The van der Waals surface area contributed by atoms with Gasteiger partial charge in [0.2, 0.25) is 0 Å². The maximum atomic E-state index is 11.7. The molecule has 0 aromatic rings. The van der Waals surface area contributed by atoms with Crippen LogP contribution in [0.2, 0.25) is 0 Å². The second-order valence-electron chi connectivity index (χ2n) is 4.46. The molecule has 3 fully saturated rings. The molecule has 1 heterocycles. The number of carbonyl (C=O) groups excluding carboxylic acids is 1. The highest BCUT2D eigenvalue weighted by atomic mass is 32.1. The topological polar surface area (TPSA) is 41.1 Å². The smallest absolute Gasteiger partial charge is 0.252 e. The van der Waals surface area contributed by atoms with Crippen molar-refractivity contribution < 1.29 is 4.79 Å². The fourth-order valence-electron chi connectivity index (χ4n) is 3.27. The Kier molecular flexibility index (Phi) is 1.33. The van der Waals surface area contributed by atoms with Crippen molar-refractivity contribution in [2.24, 2.45) is 11.8 Å². The minimum atomic E-state index is -0.306. The van der Waals surface area contributed by atoms with E-state index in [4.69, 9.17) is 12.2 Å². The SMILES string of the molecule is O=C1NC(=S)NC12CC1CCC2C1. The number of thiocarbonyl (C=S) groups is 1. The van der Waals surface area contributed by atoms with Crippen LogP contribution in [0.15, 0.2) is 0 Å². The molecule has 3 atom stereocenters. The molecular formula is C9H12N2OS. The highest BCUT2D eigenvalue weighted by Gasteiger charge is 2.58. The largest absolute Gasteiger partial charge is 0.348 e. The molecule has 4 heteroatoms. The van der Waals surface area contributed by atoms with Gasteiger partial charge in [-0.05, 0) is 49.7 Å². The van der Waals surface area contributed by atoms with E-state index < -0.39 is 0 Å². The van der Waals surface area contributed by atoms with Crippen molar-refractivity contribution in [3.8, 4) is 0 Å². The minimum absolute atomic E-state index is 0.115. The Morgan fingerprint density at radius 2 is 2.31 bits per heavy atom. The van der Waals surface area contributed by atoms with E-state index in [0.29, 0.717) is 11.0 Å². The van der Waals surface area contributed by atoms with Gasteiger partial charge in [0, 0.05) is 0 Å². The lowest BCUT2D eigenvalue weighted by molar-refractivity contribution is -0.125. The first-order chi connectivity index (χ1) is 6.21. The molecule has 3 nitrogen and oxygen atoms in total. The molecule has 2 N–H and O–H groups in total. The molecule has 3 aliphatic rings. The number of hydrogen-bond acceptors (Lipinski definition) is 2. The molecule has 1 spiro atoms. The Balaban J connectivity index is 1.98. The van der Waals surface area contributed by atoms with E-state index in [2.05, 4.69) is 10.6 Å². The van der Waals surface area contributed by atoms with Crippen molar-refractivity contribution in [3.63, 3.8) is 0 Å². The van der Waals surface area contributed by atoms with Crippen LogP contribution in [-0.4, -0.2) is 16.6 Å². The first-order valence-corrected chi connectivity index (χ1v) is 5.25. The molecule has 1 saturated heterocycles. The van der Waals surface area contributed by atoms with E-state index in [1.54, 1.807) is 0 Å². The Morgan fingerprint density at radius 3 is 2.77 bits per heavy atom. The predicted octanol–water partition coefficient (Wildman–Crippen LogP) is 0.549. The van der Waals surface area contributed by atoms with Crippen LogP contribution < -0.4 is 10.6 Å². The Hall–Kier alpha value is -0.640. The van der Waals surface area contributed by atoms with Crippen LogP contribution >= 0.6 is 12.2 Å². The maximum absolute atomic E-state index is 11.7. The van der Waals surface area contributed by atoms with Gasteiger partial charge in [-0.3, -0.25) is 4.79 Å². The van der Waals surface area contributed by atoms with E-state index in [1.807, 2.05) is 0 Å². The van der Waals surface area contributed by atoms with Gasteiger partial charge < -0.3 is 10.6 Å². The van der Waals surface area contributed by atoms with Crippen molar-refractivity contribution in [1.82, 2.24) is 10.6 Å². The summed E-state index contributed by atoms with van der Waals surface area (Å²) in [5.41, 5.74) is -0.306. The molecule has 2 bridgehead atoms. The third kappa shape index (κ3) is 0.843. The van der Waals surface area contributed by atoms with Gasteiger partial charge in [0.25, 0.3) is 5.91 Å². The van der Waals surface area contributed by atoms with E-state index in [0.717, 1.165) is 12.3 Å². The zero-order chi connectivity index (χ0) is 9.05. The van der Waals surface area contributed by atoms with E-state index in [1.165, 1.54) is 19.3 Å². The van der Waals surface area contributed by atoms with Crippen LogP contribution in [0.5, 0.6) is 0 Å².